The maximum atomic E-state index is 12.2. The molecule has 1 heterocycles. The first-order valence-corrected chi connectivity index (χ1v) is 8.48. The fourth-order valence-corrected chi connectivity index (χ4v) is 2.46. The van der Waals surface area contributed by atoms with Crippen LogP contribution in [0.1, 0.15) is 31.1 Å². The molecule has 132 valence electrons. The first kappa shape index (κ1) is 17.6. The number of nitrogens with zero attached hydrogens (tertiary/aromatic N) is 2. The Kier molecular flexibility index (Phi) is 4.98. The van der Waals surface area contributed by atoms with E-state index in [2.05, 4.69) is 20.6 Å². The SMILES string of the molecule is CC(C)(C)NC(=O)c1ccc(Nc2cc(-c3ccccc3)ncn2)cc1. The van der Waals surface area contributed by atoms with E-state index in [-0.39, 0.29) is 11.4 Å². The molecule has 0 saturated heterocycles. The number of aromatic nitrogens is 2. The van der Waals surface area contributed by atoms with Crippen LogP contribution in [-0.4, -0.2) is 21.4 Å². The number of anilines is 2. The van der Waals surface area contributed by atoms with Gasteiger partial charge in [-0.2, -0.15) is 0 Å². The summed E-state index contributed by atoms with van der Waals surface area (Å²) in [6, 6.07) is 19.2. The number of nitrogens with one attached hydrogen (secondary N) is 2. The monoisotopic (exact) mass is 346 g/mol. The zero-order chi connectivity index (χ0) is 18.6. The molecule has 0 fully saturated rings. The Morgan fingerprint density at radius 3 is 2.27 bits per heavy atom. The number of carbonyl (C=O) groups is 1. The molecule has 0 bridgehead atoms. The largest absolute Gasteiger partial charge is 0.347 e. The molecule has 5 heteroatoms. The third-order valence-corrected chi connectivity index (χ3v) is 3.64. The summed E-state index contributed by atoms with van der Waals surface area (Å²) in [6.07, 6.45) is 1.54. The van der Waals surface area contributed by atoms with Crippen molar-refractivity contribution in [2.24, 2.45) is 0 Å². The zero-order valence-electron chi connectivity index (χ0n) is 15.2. The molecule has 0 aliphatic heterocycles. The lowest BCUT2D eigenvalue weighted by Crippen LogP contribution is -2.40. The van der Waals surface area contributed by atoms with Crippen LogP contribution >= 0.6 is 0 Å². The second kappa shape index (κ2) is 7.35. The van der Waals surface area contributed by atoms with Crippen molar-refractivity contribution in [3.63, 3.8) is 0 Å². The summed E-state index contributed by atoms with van der Waals surface area (Å²) in [5, 5.41) is 6.20. The molecule has 0 aliphatic carbocycles. The van der Waals surface area contributed by atoms with E-state index in [1.54, 1.807) is 12.1 Å². The van der Waals surface area contributed by atoms with Gasteiger partial charge in [0.1, 0.15) is 12.1 Å². The van der Waals surface area contributed by atoms with E-state index >= 15 is 0 Å². The maximum absolute atomic E-state index is 12.2. The van der Waals surface area contributed by atoms with Crippen molar-refractivity contribution in [1.82, 2.24) is 15.3 Å². The van der Waals surface area contributed by atoms with Gasteiger partial charge in [0.2, 0.25) is 0 Å². The van der Waals surface area contributed by atoms with Crippen LogP contribution in [0.15, 0.2) is 67.0 Å². The number of hydrogen-bond donors (Lipinski definition) is 2. The third kappa shape index (κ3) is 4.66. The molecule has 1 aromatic heterocycles. The highest BCUT2D eigenvalue weighted by Gasteiger charge is 2.15. The second-order valence-corrected chi connectivity index (χ2v) is 7.06. The molecular formula is C21H22N4O. The topological polar surface area (TPSA) is 66.9 Å². The minimum Gasteiger partial charge on any atom is -0.347 e. The Hall–Kier alpha value is -3.21. The summed E-state index contributed by atoms with van der Waals surface area (Å²) in [7, 11) is 0. The van der Waals surface area contributed by atoms with E-state index < -0.39 is 0 Å². The maximum Gasteiger partial charge on any atom is 0.251 e. The fraction of sp³-hybridized carbons (Fsp3) is 0.190. The van der Waals surface area contributed by atoms with E-state index in [0.29, 0.717) is 11.4 Å². The number of rotatable bonds is 4. The van der Waals surface area contributed by atoms with Gasteiger partial charge in [-0.15, -0.1) is 0 Å². The van der Waals surface area contributed by atoms with Crippen molar-refractivity contribution in [3.8, 4) is 11.3 Å². The molecule has 0 saturated carbocycles. The summed E-state index contributed by atoms with van der Waals surface area (Å²) in [6.45, 7) is 5.88. The van der Waals surface area contributed by atoms with Gasteiger partial charge in [0.15, 0.2) is 0 Å². The smallest absolute Gasteiger partial charge is 0.251 e. The Bertz CT molecular complexity index is 884. The van der Waals surface area contributed by atoms with E-state index in [1.165, 1.54) is 6.33 Å². The predicted octanol–water partition coefficient (Wildman–Crippen LogP) is 4.42. The Morgan fingerprint density at radius 2 is 1.62 bits per heavy atom. The molecule has 0 unspecified atom stereocenters. The van der Waals surface area contributed by atoms with Crippen LogP contribution in [0.5, 0.6) is 0 Å². The van der Waals surface area contributed by atoms with Crippen LogP contribution in [-0.2, 0) is 0 Å². The second-order valence-electron chi connectivity index (χ2n) is 7.06. The lowest BCUT2D eigenvalue weighted by atomic mass is 10.1. The average molecular weight is 346 g/mol. The first-order chi connectivity index (χ1) is 12.4. The number of amides is 1. The van der Waals surface area contributed by atoms with Gasteiger partial charge in [-0.05, 0) is 45.0 Å². The molecule has 3 aromatic rings. The molecule has 0 atom stereocenters. The highest BCUT2D eigenvalue weighted by Crippen LogP contribution is 2.21. The normalized spacial score (nSPS) is 11.0. The molecule has 0 aliphatic rings. The summed E-state index contributed by atoms with van der Waals surface area (Å²) in [4.78, 5) is 20.8. The van der Waals surface area contributed by atoms with Gasteiger partial charge in [0, 0.05) is 28.4 Å². The lowest BCUT2D eigenvalue weighted by Gasteiger charge is -2.20. The Balaban J connectivity index is 1.73. The van der Waals surface area contributed by atoms with Crippen molar-refractivity contribution in [2.45, 2.75) is 26.3 Å². The highest BCUT2D eigenvalue weighted by atomic mass is 16.1. The summed E-state index contributed by atoms with van der Waals surface area (Å²) < 4.78 is 0. The predicted molar refractivity (Wildman–Crippen MR) is 104 cm³/mol. The minimum absolute atomic E-state index is 0.0857. The van der Waals surface area contributed by atoms with Gasteiger partial charge < -0.3 is 10.6 Å². The number of carbonyl (C=O) groups excluding carboxylic acids is 1. The van der Waals surface area contributed by atoms with Crippen LogP contribution in [0.4, 0.5) is 11.5 Å². The Morgan fingerprint density at radius 1 is 0.923 bits per heavy atom. The molecule has 2 N–H and O–H groups in total. The Labute approximate surface area is 153 Å². The van der Waals surface area contributed by atoms with Crippen LogP contribution < -0.4 is 10.6 Å². The average Bonchev–Trinajstić information content (AvgIpc) is 2.62. The van der Waals surface area contributed by atoms with Gasteiger partial charge in [0.25, 0.3) is 5.91 Å². The summed E-state index contributed by atoms with van der Waals surface area (Å²) >= 11 is 0. The minimum atomic E-state index is -0.261. The van der Waals surface area contributed by atoms with Crippen molar-refractivity contribution in [3.05, 3.63) is 72.6 Å². The van der Waals surface area contributed by atoms with E-state index in [1.807, 2.05) is 69.3 Å². The molecule has 0 spiro atoms. The molecule has 0 radical (unpaired) electrons. The van der Waals surface area contributed by atoms with Gasteiger partial charge in [-0.3, -0.25) is 4.79 Å². The van der Waals surface area contributed by atoms with E-state index in [0.717, 1.165) is 16.9 Å². The zero-order valence-corrected chi connectivity index (χ0v) is 15.2. The van der Waals surface area contributed by atoms with Crippen molar-refractivity contribution in [2.75, 3.05) is 5.32 Å². The van der Waals surface area contributed by atoms with Crippen LogP contribution in [0.25, 0.3) is 11.3 Å². The summed E-state index contributed by atoms with van der Waals surface area (Å²) in [5.41, 5.74) is 3.10. The van der Waals surface area contributed by atoms with Crippen molar-refractivity contribution in [1.29, 1.82) is 0 Å². The van der Waals surface area contributed by atoms with Gasteiger partial charge in [-0.1, -0.05) is 30.3 Å². The molecule has 5 nitrogen and oxygen atoms in total. The standard InChI is InChI=1S/C21H22N4O/c1-21(2,3)25-20(26)16-9-11-17(12-10-16)24-19-13-18(22-14-23-19)15-7-5-4-6-8-15/h4-14H,1-3H3,(H,25,26)(H,22,23,24). The van der Waals surface area contributed by atoms with Crippen LogP contribution in [0.3, 0.4) is 0 Å². The molecule has 1 amide bonds. The molecule has 3 rings (SSSR count). The van der Waals surface area contributed by atoms with Gasteiger partial charge >= 0.3 is 0 Å². The van der Waals surface area contributed by atoms with Crippen LogP contribution in [0, 0.1) is 0 Å². The van der Waals surface area contributed by atoms with Gasteiger partial charge in [0.05, 0.1) is 5.69 Å². The highest BCUT2D eigenvalue weighted by molar-refractivity contribution is 5.95. The van der Waals surface area contributed by atoms with E-state index in [4.69, 9.17) is 0 Å². The number of benzene rings is 2. The molecular weight excluding hydrogens is 324 g/mol. The molecule has 26 heavy (non-hydrogen) atoms. The van der Waals surface area contributed by atoms with E-state index in [9.17, 15) is 4.79 Å². The lowest BCUT2D eigenvalue weighted by molar-refractivity contribution is 0.0919. The molecule has 2 aromatic carbocycles. The third-order valence-electron chi connectivity index (χ3n) is 3.64. The van der Waals surface area contributed by atoms with Crippen LogP contribution in [0.2, 0.25) is 0 Å². The van der Waals surface area contributed by atoms with Gasteiger partial charge in [-0.25, -0.2) is 9.97 Å². The van der Waals surface area contributed by atoms with Crippen molar-refractivity contribution < 1.29 is 4.79 Å². The van der Waals surface area contributed by atoms with Crippen molar-refractivity contribution >= 4 is 17.4 Å². The summed E-state index contributed by atoms with van der Waals surface area (Å²) in [5.74, 6) is 0.614. The number of hydrogen-bond acceptors (Lipinski definition) is 4. The fourth-order valence-electron chi connectivity index (χ4n) is 2.46. The quantitative estimate of drug-likeness (QED) is 0.734. The first-order valence-electron chi connectivity index (χ1n) is 8.48.